The average Bonchev–Trinajstić information content (AvgIpc) is 2.88. The van der Waals surface area contributed by atoms with Crippen molar-refractivity contribution in [1.82, 2.24) is 10.2 Å². The highest BCUT2D eigenvalue weighted by Gasteiger charge is 2.25. The third kappa shape index (κ3) is 7.04. The molecule has 2 amide bonds. The van der Waals surface area contributed by atoms with Gasteiger partial charge in [0.25, 0.3) is 0 Å². The Bertz CT molecular complexity index is 890. The second-order valence-electron chi connectivity index (χ2n) is 8.76. The van der Waals surface area contributed by atoms with Crippen LogP contribution in [0.15, 0.2) is 54.6 Å². The molecule has 0 atom stereocenters. The lowest BCUT2D eigenvalue weighted by Gasteiger charge is -2.31. The van der Waals surface area contributed by atoms with Crippen LogP contribution >= 0.6 is 0 Å². The van der Waals surface area contributed by atoms with E-state index < -0.39 is 0 Å². The van der Waals surface area contributed by atoms with Gasteiger partial charge in [-0.2, -0.15) is 0 Å². The maximum absolute atomic E-state index is 12.5. The molecule has 0 aromatic heterocycles. The van der Waals surface area contributed by atoms with Crippen molar-refractivity contribution >= 4 is 23.2 Å². The maximum Gasteiger partial charge on any atom is 0.225 e. The quantitative estimate of drug-likeness (QED) is 0.647. The molecular formula is C26H34N4O3. The summed E-state index contributed by atoms with van der Waals surface area (Å²) >= 11 is 0. The Kier molecular flexibility index (Phi) is 8.33. The topological polar surface area (TPSA) is 73.9 Å². The fraction of sp³-hybridized carbons (Fsp3) is 0.462. The SMILES string of the molecule is O=C(CCN1CCC(C(=O)NCc2ccccc2)CC1)Nc1ccc(N2CCOCC2)cc1. The van der Waals surface area contributed by atoms with Crippen molar-refractivity contribution in [1.29, 1.82) is 0 Å². The Labute approximate surface area is 196 Å². The number of nitrogens with zero attached hydrogens (tertiary/aromatic N) is 2. The van der Waals surface area contributed by atoms with E-state index in [0.717, 1.165) is 75.7 Å². The predicted molar refractivity (Wildman–Crippen MR) is 130 cm³/mol. The maximum atomic E-state index is 12.5. The number of carbonyl (C=O) groups excluding carboxylic acids is 2. The molecule has 2 aliphatic rings. The van der Waals surface area contributed by atoms with Gasteiger partial charge in [-0.05, 0) is 55.8 Å². The molecular weight excluding hydrogens is 416 g/mol. The van der Waals surface area contributed by atoms with Crippen LogP contribution in [-0.2, 0) is 20.9 Å². The van der Waals surface area contributed by atoms with Crippen molar-refractivity contribution in [3.8, 4) is 0 Å². The number of nitrogens with one attached hydrogen (secondary N) is 2. The van der Waals surface area contributed by atoms with Crippen LogP contribution in [-0.4, -0.2) is 62.7 Å². The number of hydrogen-bond acceptors (Lipinski definition) is 5. The van der Waals surface area contributed by atoms with Crippen molar-refractivity contribution in [2.45, 2.75) is 25.8 Å². The summed E-state index contributed by atoms with van der Waals surface area (Å²) in [4.78, 5) is 29.4. The van der Waals surface area contributed by atoms with E-state index in [1.165, 1.54) is 0 Å². The number of rotatable bonds is 8. The lowest BCUT2D eigenvalue weighted by Crippen LogP contribution is -2.41. The molecule has 2 aromatic carbocycles. The molecule has 0 radical (unpaired) electrons. The second kappa shape index (κ2) is 11.8. The van der Waals surface area contributed by atoms with E-state index in [-0.39, 0.29) is 17.7 Å². The van der Waals surface area contributed by atoms with Crippen molar-refractivity contribution in [2.75, 3.05) is 56.2 Å². The van der Waals surface area contributed by atoms with Gasteiger partial charge >= 0.3 is 0 Å². The summed E-state index contributed by atoms with van der Waals surface area (Å²) in [5.41, 5.74) is 3.10. The average molecular weight is 451 g/mol. The van der Waals surface area contributed by atoms with E-state index >= 15 is 0 Å². The molecule has 2 saturated heterocycles. The smallest absolute Gasteiger partial charge is 0.225 e. The molecule has 176 valence electrons. The fourth-order valence-corrected chi connectivity index (χ4v) is 4.41. The largest absolute Gasteiger partial charge is 0.378 e. The van der Waals surface area contributed by atoms with Crippen LogP contribution in [0, 0.1) is 5.92 Å². The number of carbonyl (C=O) groups is 2. The number of benzene rings is 2. The zero-order chi connectivity index (χ0) is 22.9. The molecule has 0 aliphatic carbocycles. The van der Waals surface area contributed by atoms with Gasteiger partial charge in [-0.3, -0.25) is 9.59 Å². The number of hydrogen-bond donors (Lipinski definition) is 2. The summed E-state index contributed by atoms with van der Waals surface area (Å²) < 4.78 is 5.40. The van der Waals surface area contributed by atoms with Crippen LogP contribution in [0.2, 0.25) is 0 Å². The van der Waals surface area contributed by atoms with Crippen LogP contribution < -0.4 is 15.5 Å². The minimum absolute atomic E-state index is 0.0249. The van der Waals surface area contributed by atoms with E-state index in [0.29, 0.717) is 13.0 Å². The molecule has 7 heteroatoms. The third-order valence-electron chi connectivity index (χ3n) is 6.45. The summed E-state index contributed by atoms with van der Waals surface area (Å²) in [5, 5.41) is 6.05. The van der Waals surface area contributed by atoms with E-state index in [9.17, 15) is 9.59 Å². The van der Waals surface area contributed by atoms with Crippen LogP contribution in [0.3, 0.4) is 0 Å². The fourth-order valence-electron chi connectivity index (χ4n) is 4.41. The Morgan fingerprint density at radius 3 is 2.30 bits per heavy atom. The number of anilines is 2. The lowest BCUT2D eigenvalue weighted by atomic mass is 9.95. The van der Waals surface area contributed by atoms with Crippen molar-refractivity contribution in [2.24, 2.45) is 5.92 Å². The Morgan fingerprint density at radius 1 is 0.909 bits per heavy atom. The second-order valence-corrected chi connectivity index (χ2v) is 8.76. The van der Waals surface area contributed by atoms with E-state index in [2.05, 4.69) is 32.6 Å². The van der Waals surface area contributed by atoms with E-state index in [1.807, 2.05) is 42.5 Å². The molecule has 0 saturated carbocycles. The van der Waals surface area contributed by atoms with Crippen LogP contribution in [0.5, 0.6) is 0 Å². The Morgan fingerprint density at radius 2 is 1.61 bits per heavy atom. The summed E-state index contributed by atoms with van der Waals surface area (Å²) in [6.45, 7) is 6.32. The highest BCUT2D eigenvalue weighted by atomic mass is 16.5. The summed E-state index contributed by atoms with van der Waals surface area (Å²) in [6, 6.07) is 18.0. The normalized spacial score (nSPS) is 17.5. The predicted octanol–water partition coefficient (Wildman–Crippen LogP) is 2.88. The first-order valence-electron chi connectivity index (χ1n) is 11.9. The van der Waals surface area contributed by atoms with Crippen molar-refractivity contribution < 1.29 is 14.3 Å². The first kappa shape index (κ1) is 23.3. The van der Waals surface area contributed by atoms with Gasteiger partial charge in [0.1, 0.15) is 0 Å². The molecule has 0 bridgehead atoms. The van der Waals surface area contributed by atoms with Gasteiger partial charge in [-0.25, -0.2) is 0 Å². The molecule has 2 aliphatic heterocycles. The highest BCUT2D eigenvalue weighted by molar-refractivity contribution is 5.91. The lowest BCUT2D eigenvalue weighted by molar-refractivity contribution is -0.126. The minimum atomic E-state index is 0.0249. The number of amides is 2. The van der Waals surface area contributed by atoms with Gasteiger partial charge in [0.15, 0.2) is 0 Å². The molecule has 2 aromatic rings. The summed E-state index contributed by atoms with van der Waals surface area (Å²) in [6.07, 6.45) is 2.13. The molecule has 2 heterocycles. The van der Waals surface area contributed by atoms with Gasteiger partial charge in [0.2, 0.25) is 11.8 Å². The monoisotopic (exact) mass is 450 g/mol. The highest BCUT2D eigenvalue weighted by Crippen LogP contribution is 2.20. The van der Waals surface area contributed by atoms with Crippen molar-refractivity contribution in [3.05, 3.63) is 60.2 Å². The zero-order valence-corrected chi connectivity index (χ0v) is 19.2. The number of piperidine rings is 1. The molecule has 4 rings (SSSR count). The number of ether oxygens (including phenoxy) is 1. The number of morpholine rings is 1. The molecule has 7 nitrogen and oxygen atoms in total. The van der Waals surface area contributed by atoms with Gasteiger partial charge in [-0.15, -0.1) is 0 Å². The first-order valence-corrected chi connectivity index (χ1v) is 11.9. The standard InChI is InChI=1S/C26H34N4O3/c31-25(28-23-6-8-24(9-7-23)30-16-18-33-19-17-30)12-15-29-13-10-22(11-14-29)26(32)27-20-21-4-2-1-3-5-21/h1-9,22H,10-20H2,(H,27,32)(H,28,31). The van der Waals surface area contributed by atoms with Gasteiger partial charge in [0, 0.05) is 49.9 Å². The molecule has 0 spiro atoms. The van der Waals surface area contributed by atoms with Crippen LogP contribution in [0.1, 0.15) is 24.8 Å². The molecule has 33 heavy (non-hydrogen) atoms. The minimum Gasteiger partial charge on any atom is -0.378 e. The van der Waals surface area contributed by atoms with Gasteiger partial charge in [0.05, 0.1) is 13.2 Å². The van der Waals surface area contributed by atoms with E-state index in [1.54, 1.807) is 0 Å². The van der Waals surface area contributed by atoms with Crippen LogP contribution in [0.25, 0.3) is 0 Å². The third-order valence-corrected chi connectivity index (χ3v) is 6.45. The number of likely N-dealkylation sites (tertiary alicyclic amines) is 1. The first-order chi connectivity index (χ1) is 16.2. The summed E-state index contributed by atoms with van der Waals surface area (Å²) in [5.74, 6) is 0.220. The van der Waals surface area contributed by atoms with Crippen molar-refractivity contribution in [3.63, 3.8) is 0 Å². The van der Waals surface area contributed by atoms with Crippen LogP contribution in [0.4, 0.5) is 11.4 Å². The Hall–Kier alpha value is -2.90. The molecule has 0 unspecified atom stereocenters. The Balaban J connectivity index is 1.13. The summed E-state index contributed by atoms with van der Waals surface area (Å²) in [7, 11) is 0. The molecule has 2 N–H and O–H groups in total. The van der Waals surface area contributed by atoms with Gasteiger partial charge in [-0.1, -0.05) is 30.3 Å². The van der Waals surface area contributed by atoms with E-state index in [4.69, 9.17) is 4.74 Å². The zero-order valence-electron chi connectivity index (χ0n) is 19.2. The van der Waals surface area contributed by atoms with Gasteiger partial charge < -0.3 is 25.2 Å². The molecule has 2 fully saturated rings.